The van der Waals surface area contributed by atoms with Crippen LogP contribution in [-0.4, -0.2) is 4.98 Å². The van der Waals surface area contributed by atoms with Gasteiger partial charge in [0.05, 0.1) is 5.69 Å². The third-order valence-electron chi connectivity index (χ3n) is 7.85. The van der Waals surface area contributed by atoms with E-state index in [0.29, 0.717) is 11.5 Å². The van der Waals surface area contributed by atoms with Crippen LogP contribution < -0.4 is 19.4 Å². The molecule has 3 heterocycles. The Balaban J connectivity index is 0.00000325. The smallest absolute Gasteiger partial charge is 0.135 e. The summed E-state index contributed by atoms with van der Waals surface area (Å²) < 4.78 is 6.44. The number of aromatic nitrogens is 1. The molecule has 2 aliphatic rings. The second-order valence-corrected chi connectivity index (χ2v) is 10.7. The van der Waals surface area contributed by atoms with Crippen LogP contribution >= 0.6 is 0 Å². The number of aryl methyl sites for hydroxylation is 1. The molecular weight excluding hydrogens is 736 g/mol. The Morgan fingerprint density at radius 2 is 1.36 bits per heavy atom. The van der Waals surface area contributed by atoms with E-state index in [2.05, 4.69) is 102 Å². The van der Waals surface area contributed by atoms with Gasteiger partial charge in [-0.15, -0.1) is 48.3 Å². The summed E-state index contributed by atoms with van der Waals surface area (Å²) in [6.07, 6.45) is 5.90. The summed E-state index contributed by atoms with van der Waals surface area (Å²) in [5.74, 6) is 2.03. The normalized spacial score (nSPS) is 13.0. The molecule has 6 aromatic rings. The topological polar surface area (TPSA) is 31.8 Å². The number of fused-ring (bicyclic) bond motifs is 5. The fourth-order valence-corrected chi connectivity index (χ4v) is 5.78. The van der Waals surface area contributed by atoms with Gasteiger partial charge < -0.3 is 19.4 Å². The van der Waals surface area contributed by atoms with Crippen LogP contribution in [0, 0.1) is 25.7 Å². The first-order valence-electron chi connectivity index (χ1n) is 14.5. The van der Waals surface area contributed by atoms with Crippen molar-refractivity contribution in [2.45, 2.75) is 6.92 Å². The van der Waals surface area contributed by atoms with Crippen molar-refractivity contribution in [1.82, 2.24) is 4.98 Å². The molecule has 8 rings (SSSR count). The molecular formula is C39H27N4OPt-3. The van der Waals surface area contributed by atoms with E-state index in [-0.39, 0.29) is 21.1 Å². The van der Waals surface area contributed by atoms with Crippen LogP contribution in [0.1, 0.15) is 5.56 Å². The molecule has 2 aliphatic heterocycles. The van der Waals surface area contributed by atoms with Crippen LogP contribution in [-0.2, 0) is 21.1 Å². The molecule has 0 bridgehead atoms. The van der Waals surface area contributed by atoms with E-state index in [1.807, 2.05) is 78.7 Å². The average Bonchev–Trinajstić information content (AvgIpc) is 3.53. The second kappa shape index (κ2) is 12.1. The largest absolute Gasteiger partial charge is 0.509 e. The van der Waals surface area contributed by atoms with Crippen molar-refractivity contribution in [3.8, 4) is 33.8 Å². The summed E-state index contributed by atoms with van der Waals surface area (Å²) in [5.41, 5.74) is 9.52. The van der Waals surface area contributed by atoms with Crippen molar-refractivity contribution >= 4 is 28.6 Å². The van der Waals surface area contributed by atoms with Gasteiger partial charge in [0.15, 0.2) is 0 Å². The summed E-state index contributed by atoms with van der Waals surface area (Å²) in [5, 5.41) is 0. The average molecular weight is 763 g/mol. The van der Waals surface area contributed by atoms with Gasteiger partial charge in [0, 0.05) is 50.0 Å². The Kier molecular flexibility index (Phi) is 7.70. The molecule has 6 heteroatoms. The number of anilines is 5. The van der Waals surface area contributed by atoms with Crippen LogP contribution in [0.15, 0.2) is 140 Å². The third kappa shape index (κ3) is 5.41. The van der Waals surface area contributed by atoms with Crippen molar-refractivity contribution in [2.75, 3.05) is 14.7 Å². The summed E-state index contributed by atoms with van der Waals surface area (Å²) in [7, 11) is 0. The van der Waals surface area contributed by atoms with Gasteiger partial charge in [-0.25, -0.2) is 4.98 Å². The standard InChI is InChI=1S/C39H27N4O.Pt/c1-28-20-21-40-39(24-28)43-37-17-8-7-16-35(37)33-14-5-6-15-34(33)36-19-18-32(26-38(36)43)44-31-13-9-12-30(25-31)42-23-22-41(27-42)29-10-3-2-4-11-29;/h2-24,27H,1H3;/q-3;. The number of hydrogen-bond acceptors (Lipinski definition) is 5. The molecule has 1 aromatic heterocycles. The van der Waals surface area contributed by atoms with Gasteiger partial charge in [-0.1, -0.05) is 71.9 Å². The Morgan fingerprint density at radius 3 is 2.18 bits per heavy atom. The molecule has 0 saturated carbocycles. The van der Waals surface area contributed by atoms with Gasteiger partial charge in [0.1, 0.15) is 5.82 Å². The van der Waals surface area contributed by atoms with E-state index < -0.39 is 0 Å². The number of hydrogen-bond donors (Lipinski definition) is 0. The molecule has 0 saturated heterocycles. The molecule has 0 atom stereocenters. The number of ether oxygens (including phenoxy) is 1. The first-order valence-corrected chi connectivity index (χ1v) is 14.5. The van der Waals surface area contributed by atoms with Crippen molar-refractivity contribution in [2.24, 2.45) is 0 Å². The minimum atomic E-state index is 0. The van der Waals surface area contributed by atoms with Gasteiger partial charge in [-0.2, -0.15) is 12.1 Å². The summed E-state index contributed by atoms with van der Waals surface area (Å²) in [6, 6.07) is 48.4. The molecule has 222 valence electrons. The third-order valence-corrected chi connectivity index (χ3v) is 7.85. The Hall–Kier alpha value is -5.12. The van der Waals surface area contributed by atoms with Crippen LogP contribution in [0.2, 0.25) is 0 Å². The molecule has 5 aromatic carbocycles. The first kappa shape index (κ1) is 28.6. The van der Waals surface area contributed by atoms with E-state index >= 15 is 0 Å². The molecule has 45 heavy (non-hydrogen) atoms. The number of nitrogens with zero attached hydrogens (tertiary/aromatic N) is 4. The van der Waals surface area contributed by atoms with E-state index in [0.717, 1.165) is 50.8 Å². The Bertz CT molecular complexity index is 2030. The van der Waals surface area contributed by atoms with E-state index in [1.54, 1.807) is 0 Å². The van der Waals surface area contributed by atoms with Crippen molar-refractivity contribution in [3.63, 3.8) is 0 Å². The van der Waals surface area contributed by atoms with E-state index in [1.165, 1.54) is 5.56 Å². The van der Waals surface area contributed by atoms with Crippen LogP contribution in [0.3, 0.4) is 0 Å². The van der Waals surface area contributed by atoms with Crippen molar-refractivity contribution in [3.05, 3.63) is 164 Å². The monoisotopic (exact) mass is 762 g/mol. The number of rotatable bonds is 5. The first-order chi connectivity index (χ1) is 21.7. The molecule has 0 N–H and O–H groups in total. The quantitative estimate of drug-likeness (QED) is 0.163. The minimum absolute atomic E-state index is 0. The zero-order chi connectivity index (χ0) is 29.5. The van der Waals surface area contributed by atoms with Crippen molar-refractivity contribution < 1.29 is 25.8 Å². The maximum Gasteiger partial charge on any atom is 0.135 e. The number of para-hydroxylation sites is 2. The van der Waals surface area contributed by atoms with E-state index in [9.17, 15) is 0 Å². The van der Waals surface area contributed by atoms with Crippen LogP contribution in [0.25, 0.3) is 22.3 Å². The molecule has 0 fully saturated rings. The van der Waals surface area contributed by atoms with Crippen LogP contribution in [0.4, 0.5) is 28.6 Å². The Labute approximate surface area is 277 Å². The SMILES string of the molecule is Cc1ccnc(N2c3[c-]c(Oc4[c-]c(N5C=CN(c6ccccc6)[CH-]5)ccc4)ccc3-c3ccccc3-c3ccccc32)c1.[Pt]. The molecule has 0 spiro atoms. The number of pyridine rings is 1. The maximum absolute atomic E-state index is 6.44. The van der Waals surface area contributed by atoms with Crippen LogP contribution in [0.5, 0.6) is 11.5 Å². The van der Waals surface area contributed by atoms with Gasteiger partial charge in [0.25, 0.3) is 0 Å². The molecule has 0 unspecified atom stereocenters. The number of benzene rings is 5. The summed E-state index contributed by atoms with van der Waals surface area (Å²) in [4.78, 5) is 11.1. The fourth-order valence-electron chi connectivity index (χ4n) is 5.78. The zero-order valence-electron chi connectivity index (χ0n) is 24.4. The second-order valence-electron chi connectivity index (χ2n) is 10.7. The van der Waals surface area contributed by atoms with E-state index in [4.69, 9.17) is 9.72 Å². The minimum Gasteiger partial charge on any atom is -0.509 e. The summed E-state index contributed by atoms with van der Waals surface area (Å²) in [6.45, 7) is 4.11. The summed E-state index contributed by atoms with van der Waals surface area (Å²) >= 11 is 0. The fraction of sp³-hybridized carbons (Fsp3) is 0.0256. The molecule has 0 aliphatic carbocycles. The molecule has 0 radical (unpaired) electrons. The Morgan fingerprint density at radius 1 is 0.644 bits per heavy atom. The van der Waals surface area contributed by atoms with Gasteiger partial charge in [0.2, 0.25) is 0 Å². The van der Waals surface area contributed by atoms with Gasteiger partial charge in [-0.05, 0) is 60.8 Å². The van der Waals surface area contributed by atoms with Gasteiger partial charge >= 0.3 is 0 Å². The predicted molar refractivity (Wildman–Crippen MR) is 177 cm³/mol. The predicted octanol–water partition coefficient (Wildman–Crippen LogP) is 9.81. The van der Waals surface area contributed by atoms with Gasteiger partial charge in [-0.3, -0.25) is 0 Å². The molecule has 5 nitrogen and oxygen atoms in total. The molecule has 0 amide bonds. The zero-order valence-corrected chi connectivity index (χ0v) is 26.6. The van der Waals surface area contributed by atoms with Crippen molar-refractivity contribution in [1.29, 1.82) is 0 Å². The maximum atomic E-state index is 6.44.